The molecule has 0 saturated carbocycles. The number of nitrogens with zero attached hydrogens (tertiary/aromatic N) is 1. The van der Waals surface area contributed by atoms with Crippen LogP contribution in [0, 0.1) is 6.92 Å². The summed E-state index contributed by atoms with van der Waals surface area (Å²) in [7, 11) is 0. The Morgan fingerprint density at radius 1 is 1.16 bits per heavy atom. The number of rotatable bonds is 3. The van der Waals surface area contributed by atoms with Crippen molar-refractivity contribution in [3.63, 3.8) is 0 Å². The van der Waals surface area contributed by atoms with Crippen LogP contribution in [-0.2, 0) is 4.79 Å². The highest BCUT2D eigenvalue weighted by atomic mass is 16.2. The van der Waals surface area contributed by atoms with Crippen molar-refractivity contribution in [2.75, 3.05) is 13.1 Å². The number of nitrogens with one attached hydrogen (secondary N) is 1. The lowest BCUT2D eigenvalue weighted by atomic mass is 10.1. The van der Waals surface area contributed by atoms with E-state index in [1.54, 1.807) is 19.1 Å². The molecule has 19 heavy (non-hydrogen) atoms. The molecule has 1 fully saturated rings. The second kappa shape index (κ2) is 5.87. The van der Waals surface area contributed by atoms with Gasteiger partial charge in [0.15, 0.2) is 0 Å². The van der Waals surface area contributed by atoms with Gasteiger partial charge in [0.1, 0.15) is 6.04 Å². The summed E-state index contributed by atoms with van der Waals surface area (Å²) in [6, 6.07) is 6.87. The first-order valence-electron chi connectivity index (χ1n) is 6.74. The molecule has 1 aliphatic rings. The average Bonchev–Trinajstić information content (AvgIpc) is 2.92. The van der Waals surface area contributed by atoms with Crippen molar-refractivity contribution in [3.8, 4) is 0 Å². The van der Waals surface area contributed by atoms with Crippen molar-refractivity contribution in [2.24, 2.45) is 0 Å². The third-order valence-corrected chi connectivity index (χ3v) is 3.45. The van der Waals surface area contributed by atoms with Gasteiger partial charge in [-0.15, -0.1) is 0 Å². The zero-order chi connectivity index (χ0) is 13.8. The first-order valence-corrected chi connectivity index (χ1v) is 6.74. The summed E-state index contributed by atoms with van der Waals surface area (Å²) in [5.41, 5.74) is 1.70. The third kappa shape index (κ3) is 3.34. The Bertz CT molecular complexity index is 462. The van der Waals surface area contributed by atoms with Gasteiger partial charge >= 0.3 is 0 Å². The standard InChI is InChI=1S/C15H20N2O2/c1-11-5-7-13(8-6-11)14(18)16-12(2)15(19)17-9-3-4-10-17/h5-8,12H,3-4,9-10H2,1-2H3,(H,16,18)/t12-/m0/s1. The van der Waals surface area contributed by atoms with E-state index in [0.717, 1.165) is 31.5 Å². The fourth-order valence-electron chi connectivity index (χ4n) is 2.26. The van der Waals surface area contributed by atoms with E-state index < -0.39 is 6.04 Å². The number of amides is 2. The summed E-state index contributed by atoms with van der Waals surface area (Å²) in [5, 5.41) is 2.76. The molecule has 1 N–H and O–H groups in total. The van der Waals surface area contributed by atoms with Crippen molar-refractivity contribution in [2.45, 2.75) is 32.7 Å². The molecule has 0 unspecified atom stereocenters. The highest BCUT2D eigenvalue weighted by Gasteiger charge is 2.24. The predicted molar refractivity (Wildman–Crippen MR) is 73.9 cm³/mol. The Morgan fingerprint density at radius 3 is 2.32 bits per heavy atom. The average molecular weight is 260 g/mol. The lowest BCUT2D eigenvalue weighted by molar-refractivity contribution is -0.131. The van der Waals surface area contributed by atoms with Gasteiger partial charge in [-0.2, -0.15) is 0 Å². The molecule has 0 aromatic heterocycles. The number of benzene rings is 1. The largest absolute Gasteiger partial charge is 0.341 e. The van der Waals surface area contributed by atoms with Crippen LogP contribution in [0.2, 0.25) is 0 Å². The normalized spacial score (nSPS) is 16.2. The van der Waals surface area contributed by atoms with Crippen molar-refractivity contribution in [3.05, 3.63) is 35.4 Å². The molecule has 0 radical (unpaired) electrons. The first kappa shape index (κ1) is 13.6. The molecule has 1 saturated heterocycles. The monoisotopic (exact) mass is 260 g/mol. The Labute approximate surface area is 113 Å². The highest BCUT2D eigenvalue weighted by Crippen LogP contribution is 2.09. The minimum absolute atomic E-state index is 0.0120. The molecule has 2 amide bonds. The molecular formula is C15H20N2O2. The molecule has 1 atom stereocenters. The number of aryl methyl sites for hydroxylation is 1. The SMILES string of the molecule is Cc1ccc(C(=O)N[C@@H](C)C(=O)N2CCCC2)cc1. The summed E-state index contributed by atoms with van der Waals surface area (Å²) >= 11 is 0. The number of carbonyl (C=O) groups is 2. The molecule has 0 spiro atoms. The van der Waals surface area contributed by atoms with E-state index in [2.05, 4.69) is 5.32 Å². The van der Waals surface area contributed by atoms with E-state index in [9.17, 15) is 9.59 Å². The smallest absolute Gasteiger partial charge is 0.251 e. The Balaban J connectivity index is 1.94. The van der Waals surface area contributed by atoms with Gasteiger partial charge in [0, 0.05) is 18.7 Å². The highest BCUT2D eigenvalue weighted by molar-refractivity contribution is 5.97. The molecule has 1 aromatic carbocycles. The fraction of sp³-hybridized carbons (Fsp3) is 0.467. The second-order valence-corrected chi connectivity index (χ2v) is 5.09. The Hall–Kier alpha value is -1.84. The van der Waals surface area contributed by atoms with Gasteiger partial charge in [0.05, 0.1) is 0 Å². The van der Waals surface area contributed by atoms with Crippen molar-refractivity contribution >= 4 is 11.8 Å². The van der Waals surface area contributed by atoms with Crippen LogP contribution in [0.4, 0.5) is 0 Å². The van der Waals surface area contributed by atoms with Crippen LogP contribution in [0.15, 0.2) is 24.3 Å². The van der Waals surface area contributed by atoms with E-state index in [1.165, 1.54) is 0 Å². The van der Waals surface area contributed by atoms with Gasteiger partial charge in [-0.1, -0.05) is 17.7 Å². The fourth-order valence-corrected chi connectivity index (χ4v) is 2.26. The number of hydrogen-bond donors (Lipinski definition) is 1. The molecule has 0 bridgehead atoms. The molecule has 1 heterocycles. The molecule has 102 valence electrons. The zero-order valence-corrected chi connectivity index (χ0v) is 11.5. The van der Waals surface area contributed by atoms with E-state index in [0.29, 0.717) is 5.56 Å². The quantitative estimate of drug-likeness (QED) is 0.900. The molecular weight excluding hydrogens is 240 g/mol. The summed E-state index contributed by atoms with van der Waals surface area (Å²) in [6.07, 6.45) is 2.12. The van der Waals surface area contributed by atoms with E-state index in [4.69, 9.17) is 0 Å². The van der Waals surface area contributed by atoms with Crippen LogP contribution < -0.4 is 5.32 Å². The lowest BCUT2D eigenvalue weighted by Crippen LogP contribution is -2.45. The topological polar surface area (TPSA) is 49.4 Å². The molecule has 0 aliphatic carbocycles. The summed E-state index contributed by atoms with van der Waals surface area (Å²) in [4.78, 5) is 25.9. The van der Waals surface area contributed by atoms with Gasteiger partial charge in [0.25, 0.3) is 5.91 Å². The summed E-state index contributed by atoms with van der Waals surface area (Å²) in [6.45, 7) is 5.33. The molecule has 1 aliphatic heterocycles. The van der Waals surface area contributed by atoms with Crippen LogP contribution in [0.5, 0.6) is 0 Å². The van der Waals surface area contributed by atoms with Gasteiger partial charge in [-0.25, -0.2) is 0 Å². The van der Waals surface area contributed by atoms with Crippen LogP contribution in [-0.4, -0.2) is 35.8 Å². The molecule has 1 aromatic rings. The van der Waals surface area contributed by atoms with Gasteiger partial charge in [0.2, 0.25) is 5.91 Å². The number of likely N-dealkylation sites (tertiary alicyclic amines) is 1. The minimum atomic E-state index is -0.466. The number of carbonyl (C=O) groups excluding carboxylic acids is 2. The van der Waals surface area contributed by atoms with E-state index in [1.807, 2.05) is 24.0 Å². The predicted octanol–water partition coefficient (Wildman–Crippen LogP) is 1.74. The van der Waals surface area contributed by atoms with Crippen LogP contribution in [0.1, 0.15) is 35.7 Å². The van der Waals surface area contributed by atoms with Crippen molar-refractivity contribution in [1.82, 2.24) is 10.2 Å². The summed E-state index contributed by atoms with van der Waals surface area (Å²) in [5.74, 6) is -0.182. The maximum Gasteiger partial charge on any atom is 0.251 e. The van der Waals surface area contributed by atoms with Gasteiger partial charge < -0.3 is 10.2 Å². The summed E-state index contributed by atoms with van der Waals surface area (Å²) < 4.78 is 0. The van der Waals surface area contributed by atoms with E-state index in [-0.39, 0.29) is 11.8 Å². The second-order valence-electron chi connectivity index (χ2n) is 5.09. The van der Waals surface area contributed by atoms with Crippen LogP contribution >= 0.6 is 0 Å². The van der Waals surface area contributed by atoms with Crippen molar-refractivity contribution in [1.29, 1.82) is 0 Å². The Kier molecular flexibility index (Phi) is 4.20. The zero-order valence-electron chi connectivity index (χ0n) is 11.5. The van der Waals surface area contributed by atoms with E-state index >= 15 is 0 Å². The van der Waals surface area contributed by atoms with Crippen molar-refractivity contribution < 1.29 is 9.59 Å². The minimum Gasteiger partial charge on any atom is -0.341 e. The maximum atomic E-state index is 12.1. The lowest BCUT2D eigenvalue weighted by Gasteiger charge is -2.21. The van der Waals surface area contributed by atoms with Crippen LogP contribution in [0.3, 0.4) is 0 Å². The third-order valence-electron chi connectivity index (χ3n) is 3.45. The Morgan fingerprint density at radius 2 is 1.74 bits per heavy atom. The van der Waals surface area contributed by atoms with Crippen LogP contribution in [0.25, 0.3) is 0 Å². The molecule has 4 nitrogen and oxygen atoms in total. The molecule has 4 heteroatoms. The maximum absolute atomic E-state index is 12.1. The first-order chi connectivity index (χ1) is 9.08. The van der Waals surface area contributed by atoms with Gasteiger partial charge in [-0.3, -0.25) is 9.59 Å². The number of hydrogen-bond acceptors (Lipinski definition) is 2. The van der Waals surface area contributed by atoms with Gasteiger partial charge in [-0.05, 0) is 38.8 Å². The molecule has 2 rings (SSSR count).